The van der Waals surface area contributed by atoms with Gasteiger partial charge in [0.05, 0.1) is 6.04 Å². The Hall–Kier alpha value is -2.63. The van der Waals surface area contributed by atoms with Crippen molar-refractivity contribution >= 4 is 29.1 Å². The zero-order valence-electron chi connectivity index (χ0n) is 16.3. The number of likely N-dealkylation sites (N-methyl/N-ethyl adjacent to an activating group) is 1. The van der Waals surface area contributed by atoms with Gasteiger partial charge in [-0.15, -0.1) is 0 Å². The Morgan fingerprint density at radius 2 is 1.75 bits per heavy atom. The number of rotatable bonds is 6. The summed E-state index contributed by atoms with van der Waals surface area (Å²) in [6.07, 6.45) is 0. The number of nitrogens with one attached hydrogen (secondary N) is 1. The van der Waals surface area contributed by atoms with Gasteiger partial charge in [-0.3, -0.25) is 14.5 Å². The van der Waals surface area contributed by atoms with E-state index in [1.807, 2.05) is 61.5 Å². The van der Waals surface area contributed by atoms with E-state index in [0.717, 1.165) is 11.1 Å². The van der Waals surface area contributed by atoms with E-state index in [4.69, 9.17) is 11.6 Å². The summed E-state index contributed by atoms with van der Waals surface area (Å²) in [5.41, 5.74) is 2.85. The molecule has 0 spiro atoms. The molecule has 0 saturated heterocycles. The Kier molecular flexibility index (Phi) is 5.87. The highest BCUT2D eigenvalue weighted by Crippen LogP contribution is 2.33. The van der Waals surface area contributed by atoms with Gasteiger partial charge in [0, 0.05) is 28.4 Å². The highest BCUT2D eigenvalue weighted by molar-refractivity contribution is 6.31. The number of fused-ring (bicyclic) bond motifs is 1. The summed E-state index contributed by atoms with van der Waals surface area (Å²) in [4.78, 5) is 29.0. The normalized spacial score (nSPS) is 15.5. The minimum Gasteiger partial charge on any atom is -0.352 e. The van der Waals surface area contributed by atoms with Crippen LogP contribution in [0.4, 0.5) is 0 Å². The van der Waals surface area contributed by atoms with Crippen molar-refractivity contribution in [2.45, 2.75) is 19.0 Å². The van der Waals surface area contributed by atoms with Gasteiger partial charge in [0.1, 0.15) is 6.04 Å². The first-order valence-corrected chi connectivity index (χ1v) is 9.51. The van der Waals surface area contributed by atoms with Gasteiger partial charge in [0.15, 0.2) is 0 Å². The Balaban J connectivity index is 1.72. The van der Waals surface area contributed by atoms with Crippen molar-refractivity contribution in [2.75, 3.05) is 20.6 Å². The standard InChI is InChI=1S/C22H24ClN3O2/c1-14-16-9-5-6-10-17(16)22(28)26(14)15(2)21(27)24-13-20(25(3)4)18-11-7-8-12-19(18)23/h5-12,15,20H,1,13H2,2-4H3,(H,24,27). The van der Waals surface area contributed by atoms with Crippen LogP contribution in [-0.4, -0.2) is 48.3 Å². The number of hydrogen-bond acceptors (Lipinski definition) is 3. The number of benzene rings is 2. The molecule has 2 amide bonds. The molecule has 2 aromatic rings. The van der Waals surface area contributed by atoms with Gasteiger partial charge in [0.2, 0.25) is 5.91 Å². The molecule has 6 heteroatoms. The summed E-state index contributed by atoms with van der Waals surface area (Å²) in [5, 5.41) is 3.61. The first kappa shape index (κ1) is 20.1. The highest BCUT2D eigenvalue weighted by Gasteiger charge is 2.36. The largest absolute Gasteiger partial charge is 0.352 e. The van der Waals surface area contributed by atoms with Crippen molar-refractivity contribution in [3.05, 3.63) is 76.8 Å². The molecule has 146 valence electrons. The number of halogens is 1. The van der Waals surface area contributed by atoms with E-state index in [2.05, 4.69) is 11.9 Å². The van der Waals surface area contributed by atoms with Crippen molar-refractivity contribution in [2.24, 2.45) is 0 Å². The second kappa shape index (κ2) is 8.17. The van der Waals surface area contributed by atoms with Crippen molar-refractivity contribution in [3.8, 4) is 0 Å². The van der Waals surface area contributed by atoms with Crippen LogP contribution in [0, 0.1) is 0 Å². The van der Waals surface area contributed by atoms with Crippen LogP contribution >= 0.6 is 11.6 Å². The Labute approximate surface area is 170 Å². The Morgan fingerprint density at radius 3 is 2.36 bits per heavy atom. The van der Waals surface area contributed by atoms with Gasteiger partial charge in [0.25, 0.3) is 5.91 Å². The molecule has 1 aliphatic heterocycles. The van der Waals surface area contributed by atoms with E-state index in [1.54, 1.807) is 13.0 Å². The third-order valence-electron chi connectivity index (χ3n) is 5.10. The molecule has 0 radical (unpaired) electrons. The van der Waals surface area contributed by atoms with Crippen LogP contribution in [0.5, 0.6) is 0 Å². The zero-order chi connectivity index (χ0) is 20.4. The fraction of sp³-hybridized carbons (Fsp3) is 0.273. The lowest BCUT2D eigenvalue weighted by Gasteiger charge is -2.28. The molecule has 2 unspecified atom stereocenters. The summed E-state index contributed by atoms with van der Waals surface area (Å²) in [6, 6.07) is 14.1. The van der Waals surface area contributed by atoms with Crippen molar-refractivity contribution < 1.29 is 9.59 Å². The summed E-state index contributed by atoms with van der Waals surface area (Å²) >= 11 is 6.33. The van der Waals surface area contributed by atoms with Gasteiger partial charge >= 0.3 is 0 Å². The van der Waals surface area contributed by atoms with E-state index in [-0.39, 0.29) is 17.9 Å². The van der Waals surface area contributed by atoms with Gasteiger partial charge < -0.3 is 10.2 Å². The summed E-state index contributed by atoms with van der Waals surface area (Å²) in [6.45, 7) is 6.10. The number of hydrogen-bond donors (Lipinski definition) is 1. The minimum atomic E-state index is -0.665. The maximum Gasteiger partial charge on any atom is 0.259 e. The molecule has 1 heterocycles. The highest BCUT2D eigenvalue weighted by atomic mass is 35.5. The number of nitrogens with zero attached hydrogens (tertiary/aromatic N) is 2. The molecule has 28 heavy (non-hydrogen) atoms. The van der Waals surface area contributed by atoms with Crippen LogP contribution in [0.25, 0.3) is 5.70 Å². The van der Waals surface area contributed by atoms with Crippen LogP contribution in [0.3, 0.4) is 0 Å². The van der Waals surface area contributed by atoms with Crippen LogP contribution in [0.1, 0.15) is 34.5 Å². The minimum absolute atomic E-state index is 0.0838. The van der Waals surface area contributed by atoms with Gasteiger partial charge in [-0.05, 0) is 38.7 Å². The monoisotopic (exact) mass is 397 g/mol. The average molecular weight is 398 g/mol. The molecule has 0 aromatic heterocycles. The van der Waals surface area contributed by atoms with Crippen LogP contribution in [-0.2, 0) is 4.79 Å². The van der Waals surface area contributed by atoms with Gasteiger partial charge in [-0.2, -0.15) is 0 Å². The lowest BCUT2D eigenvalue weighted by Crippen LogP contribution is -2.46. The molecule has 1 N–H and O–H groups in total. The Morgan fingerprint density at radius 1 is 1.14 bits per heavy atom. The fourth-order valence-electron chi connectivity index (χ4n) is 3.49. The predicted molar refractivity (Wildman–Crippen MR) is 112 cm³/mol. The summed E-state index contributed by atoms with van der Waals surface area (Å²) < 4.78 is 0. The molecular formula is C22H24ClN3O2. The maximum absolute atomic E-state index is 12.8. The van der Waals surface area contributed by atoms with Crippen molar-refractivity contribution in [1.82, 2.24) is 15.1 Å². The average Bonchev–Trinajstić information content (AvgIpc) is 2.93. The third kappa shape index (κ3) is 3.68. The molecule has 2 aromatic carbocycles. The van der Waals surface area contributed by atoms with E-state index in [0.29, 0.717) is 22.8 Å². The van der Waals surface area contributed by atoms with Crippen molar-refractivity contribution in [1.29, 1.82) is 0 Å². The third-order valence-corrected chi connectivity index (χ3v) is 5.45. The van der Waals surface area contributed by atoms with Crippen molar-refractivity contribution in [3.63, 3.8) is 0 Å². The smallest absolute Gasteiger partial charge is 0.259 e. The fourth-order valence-corrected chi connectivity index (χ4v) is 3.75. The molecule has 5 nitrogen and oxygen atoms in total. The predicted octanol–water partition coefficient (Wildman–Crippen LogP) is 3.57. The summed E-state index contributed by atoms with van der Waals surface area (Å²) in [5.74, 6) is -0.431. The van der Waals surface area contributed by atoms with Crippen LogP contribution in [0.2, 0.25) is 5.02 Å². The first-order chi connectivity index (χ1) is 13.3. The van der Waals surface area contributed by atoms with Crippen LogP contribution < -0.4 is 5.32 Å². The number of amides is 2. The molecular weight excluding hydrogens is 374 g/mol. The lowest BCUT2D eigenvalue weighted by atomic mass is 10.1. The molecule has 0 saturated carbocycles. The van der Waals surface area contributed by atoms with Gasteiger partial charge in [-0.25, -0.2) is 0 Å². The van der Waals surface area contributed by atoms with Crippen LogP contribution in [0.15, 0.2) is 55.1 Å². The quantitative estimate of drug-likeness (QED) is 0.810. The molecule has 1 aliphatic rings. The molecule has 0 fully saturated rings. The summed E-state index contributed by atoms with van der Waals surface area (Å²) in [7, 11) is 3.87. The molecule has 0 bridgehead atoms. The molecule has 3 rings (SSSR count). The topological polar surface area (TPSA) is 52.7 Å². The van der Waals surface area contributed by atoms with E-state index < -0.39 is 6.04 Å². The van der Waals surface area contributed by atoms with E-state index in [1.165, 1.54) is 4.90 Å². The zero-order valence-corrected chi connectivity index (χ0v) is 17.0. The lowest BCUT2D eigenvalue weighted by molar-refractivity contribution is -0.124. The second-order valence-corrected chi connectivity index (χ2v) is 7.50. The second-order valence-electron chi connectivity index (χ2n) is 7.09. The first-order valence-electron chi connectivity index (χ1n) is 9.13. The van der Waals surface area contributed by atoms with E-state index >= 15 is 0 Å². The SMILES string of the molecule is C=C1c2ccccc2C(=O)N1C(C)C(=O)NCC(c1ccccc1Cl)N(C)C. The maximum atomic E-state index is 12.8. The molecule has 0 aliphatic carbocycles. The van der Waals surface area contributed by atoms with Gasteiger partial charge in [-0.1, -0.05) is 54.6 Å². The number of carbonyl (C=O) groups excluding carboxylic acids is 2. The Bertz CT molecular complexity index is 891. The number of carbonyl (C=O) groups is 2. The van der Waals surface area contributed by atoms with E-state index in [9.17, 15) is 9.59 Å². The molecule has 2 atom stereocenters.